The van der Waals surface area contributed by atoms with Gasteiger partial charge in [0.15, 0.2) is 0 Å². The van der Waals surface area contributed by atoms with Crippen LogP contribution in [-0.2, 0) is 6.42 Å². The molecule has 2 N–H and O–H groups in total. The van der Waals surface area contributed by atoms with Crippen molar-refractivity contribution in [1.29, 1.82) is 0 Å². The van der Waals surface area contributed by atoms with Crippen LogP contribution in [-0.4, -0.2) is 16.1 Å². The first-order valence-electron chi connectivity index (χ1n) is 7.53. The highest BCUT2D eigenvalue weighted by molar-refractivity contribution is 5.33. The van der Waals surface area contributed by atoms with E-state index in [9.17, 15) is 0 Å². The number of nitrogens with two attached hydrogens (primary N) is 1. The van der Waals surface area contributed by atoms with Gasteiger partial charge in [0.2, 0.25) is 5.88 Å². The molecule has 1 aliphatic carbocycles. The van der Waals surface area contributed by atoms with Crippen molar-refractivity contribution in [2.75, 3.05) is 5.73 Å². The van der Waals surface area contributed by atoms with Crippen LogP contribution in [0, 0.1) is 5.92 Å². The summed E-state index contributed by atoms with van der Waals surface area (Å²) in [6.07, 6.45) is 8.31. The number of rotatable bonds is 5. The molecule has 1 aromatic rings. The van der Waals surface area contributed by atoms with Crippen LogP contribution in [0.5, 0.6) is 5.88 Å². The van der Waals surface area contributed by atoms with E-state index in [1.54, 1.807) is 6.07 Å². The van der Waals surface area contributed by atoms with Gasteiger partial charge in [0, 0.05) is 12.5 Å². The molecule has 19 heavy (non-hydrogen) atoms. The highest BCUT2D eigenvalue weighted by Crippen LogP contribution is 2.30. The van der Waals surface area contributed by atoms with Crippen molar-refractivity contribution in [2.45, 2.75) is 64.9 Å². The second-order valence-electron chi connectivity index (χ2n) is 5.41. The molecule has 4 nitrogen and oxygen atoms in total. The first-order chi connectivity index (χ1) is 9.22. The molecule has 0 amide bonds. The molecule has 2 rings (SSSR count). The minimum Gasteiger partial charge on any atom is -0.474 e. The number of nitrogens with zero attached hydrogens (tertiary/aromatic N) is 2. The molecule has 2 atom stereocenters. The maximum absolute atomic E-state index is 6.10. The van der Waals surface area contributed by atoms with Crippen molar-refractivity contribution >= 4 is 5.82 Å². The number of aryl methyl sites for hydroxylation is 1. The highest BCUT2D eigenvalue weighted by Gasteiger charge is 2.25. The molecular weight excluding hydrogens is 238 g/mol. The monoisotopic (exact) mass is 263 g/mol. The van der Waals surface area contributed by atoms with Crippen LogP contribution in [0.3, 0.4) is 0 Å². The summed E-state index contributed by atoms with van der Waals surface area (Å²) in [5.41, 5.74) is 5.83. The largest absolute Gasteiger partial charge is 0.474 e. The van der Waals surface area contributed by atoms with Crippen LogP contribution in [0.2, 0.25) is 0 Å². The molecule has 0 saturated heterocycles. The Morgan fingerprint density at radius 2 is 2.05 bits per heavy atom. The number of aromatic nitrogens is 2. The Kier molecular flexibility index (Phi) is 5.00. The van der Waals surface area contributed by atoms with Gasteiger partial charge in [0.05, 0.1) is 0 Å². The quantitative estimate of drug-likeness (QED) is 0.885. The summed E-state index contributed by atoms with van der Waals surface area (Å²) in [7, 11) is 0. The second kappa shape index (κ2) is 6.73. The van der Waals surface area contributed by atoms with Crippen LogP contribution in [0.1, 0.15) is 58.2 Å². The SMILES string of the molecule is CCCc1nc(N)cc(OC2CCCCC2CC)n1. The molecule has 0 aliphatic heterocycles. The zero-order valence-corrected chi connectivity index (χ0v) is 12.1. The number of anilines is 1. The zero-order valence-electron chi connectivity index (χ0n) is 12.1. The predicted molar refractivity (Wildman–Crippen MR) is 77.1 cm³/mol. The molecule has 1 aromatic heterocycles. The van der Waals surface area contributed by atoms with Crippen molar-refractivity contribution < 1.29 is 4.74 Å². The summed E-state index contributed by atoms with van der Waals surface area (Å²) in [4.78, 5) is 8.72. The smallest absolute Gasteiger partial charge is 0.219 e. The van der Waals surface area contributed by atoms with Crippen molar-refractivity contribution in [1.82, 2.24) is 9.97 Å². The Morgan fingerprint density at radius 3 is 2.79 bits per heavy atom. The summed E-state index contributed by atoms with van der Waals surface area (Å²) in [5, 5.41) is 0. The summed E-state index contributed by atoms with van der Waals surface area (Å²) in [5.74, 6) is 2.61. The molecule has 0 aromatic carbocycles. The molecule has 1 fully saturated rings. The lowest BCUT2D eigenvalue weighted by Gasteiger charge is -2.30. The van der Waals surface area contributed by atoms with E-state index in [4.69, 9.17) is 10.5 Å². The van der Waals surface area contributed by atoms with Crippen molar-refractivity contribution in [2.24, 2.45) is 5.92 Å². The van der Waals surface area contributed by atoms with E-state index in [0.29, 0.717) is 23.7 Å². The molecule has 4 heteroatoms. The van der Waals surface area contributed by atoms with Crippen molar-refractivity contribution in [3.63, 3.8) is 0 Å². The van der Waals surface area contributed by atoms with Gasteiger partial charge in [-0.15, -0.1) is 0 Å². The van der Waals surface area contributed by atoms with Gasteiger partial charge < -0.3 is 10.5 Å². The average molecular weight is 263 g/mol. The molecule has 2 unspecified atom stereocenters. The lowest BCUT2D eigenvalue weighted by Crippen LogP contribution is -2.30. The average Bonchev–Trinajstić information content (AvgIpc) is 2.39. The van der Waals surface area contributed by atoms with Gasteiger partial charge in [-0.1, -0.05) is 20.3 Å². The minimum absolute atomic E-state index is 0.294. The fraction of sp³-hybridized carbons (Fsp3) is 0.733. The van der Waals surface area contributed by atoms with E-state index < -0.39 is 0 Å². The van der Waals surface area contributed by atoms with Gasteiger partial charge >= 0.3 is 0 Å². The van der Waals surface area contributed by atoms with Gasteiger partial charge in [-0.2, -0.15) is 4.98 Å². The Labute approximate surface area is 115 Å². The minimum atomic E-state index is 0.294. The van der Waals surface area contributed by atoms with Crippen LogP contribution >= 0.6 is 0 Å². The van der Waals surface area contributed by atoms with E-state index >= 15 is 0 Å². The summed E-state index contributed by atoms with van der Waals surface area (Å²) in [6.45, 7) is 4.35. The second-order valence-corrected chi connectivity index (χ2v) is 5.41. The third-order valence-corrected chi connectivity index (χ3v) is 3.88. The van der Waals surface area contributed by atoms with Crippen LogP contribution < -0.4 is 10.5 Å². The van der Waals surface area contributed by atoms with Gasteiger partial charge in [-0.25, -0.2) is 4.98 Å². The first-order valence-corrected chi connectivity index (χ1v) is 7.53. The molecule has 0 radical (unpaired) electrons. The zero-order chi connectivity index (χ0) is 13.7. The summed E-state index contributed by atoms with van der Waals surface area (Å²) < 4.78 is 6.10. The number of nitrogen functional groups attached to an aromatic ring is 1. The topological polar surface area (TPSA) is 61.0 Å². The molecule has 106 valence electrons. The predicted octanol–water partition coefficient (Wildman–Crippen LogP) is 3.36. The van der Waals surface area contributed by atoms with Crippen LogP contribution in [0.15, 0.2) is 6.07 Å². The van der Waals surface area contributed by atoms with Crippen molar-refractivity contribution in [3.05, 3.63) is 11.9 Å². The molecule has 0 bridgehead atoms. The van der Waals surface area contributed by atoms with E-state index in [1.807, 2.05) is 0 Å². The molecule has 0 spiro atoms. The Morgan fingerprint density at radius 1 is 1.26 bits per heavy atom. The van der Waals surface area contributed by atoms with E-state index in [2.05, 4.69) is 23.8 Å². The Hall–Kier alpha value is -1.32. The number of hydrogen-bond donors (Lipinski definition) is 1. The van der Waals surface area contributed by atoms with Gasteiger partial charge in [0.1, 0.15) is 17.7 Å². The number of ether oxygens (including phenoxy) is 1. The summed E-state index contributed by atoms with van der Waals surface area (Å²) in [6, 6.07) is 1.75. The molecule has 1 saturated carbocycles. The Bertz CT molecular complexity index is 408. The molecule has 1 aliphatic rings. The van der Waals surface area contributed by atoms with Crippen LogP contribution in [0.25, 0.3) is 0 Å². The molecular formula is C15H25N3O. The fourth-order valence-electron chi connectivity index (χ4n) is 2.84. The third-order valence-electron chi connectivity index (χ3n) is 3.88. The highest BCUT2D eigenvalue weighted by atomic mass is 16.5. The first kappa shape index (κ1) is 14.1. The van der Waals surface area contributed by atoms with E-state index in [0.717, 1.165) is 25.1 Å². The van der Waals surface area contributed by atoms with Gasteiger partial charge in [-0.05, 0) is 38.0 Å². The van der Waals surface area contributed by atoms with Crippen molar-refractivity contribution in [3.8, 4) is 5.88 Å². The van der Waals surface area contributed by atoms with Gasteiger partial charge in [-0.3, -0.25) is 0 Å². The standard InChI is InChI=1S/C15H25N3O/c1-3-7-14-17-13(16)10-15(18-14)19-12-9-6-5-8-11(12)4-2/h10-12H,3-9H2,1-2H3,(H2,16,17,18). The summed E-state index contributed by atoms with van der Waals surface area (Å²) >= 11 is 0. The fourth-order valence-corrected chi connectivity index (χ4v) is 2.84. The van der Waals surface area contributed by atoms with E-state index in [-0.39, 0.29) is 0 Å². The normalized spacial score (nSPS) is 23.3. The van der Waals surface area contributed by atoms with E-state index in [1.165, 1.54) is 25.7 Å². The Balaban J connectivity index is 2.08. The van der Waals surface area contributed by atoms with Gasteiger partial charge in [0.25, 0.3) is 0 Å². The third kappa shape index (κ3) is 3.82. The molecule has 1 heterocycles. The maximum atomic E-state index is 6.10. The lowest BCUT2D eigenvalue weighted by atomic mass is 9.85. The lowest BCUT2D eigenvalue weighted by molar-refractivity contribution is 0.0855. The maximum Gasteiger partial charge on any atom is 0.219 e. The van der Waals surface area contributed by atoms with Crippen LogP contribution in [0.4, 0.5) is 5.82 Å². The number of hydrogen-bond acceptors (Lipinski definition) is 4.